The minimum absolute atomic E-state index is 0.159. The van der Waals surface area contributed by atoms with Gasteiger partial charge in [0.15, 0.2) is 17.2 Å². The van der Waals surface area contributed by atoms with Crippen LogP contribution in [0.15, 0.2) is 0 Å². The minimum atomic E-state index is -0.922. The molecule has 0 radical (unpaired) electrons. The number of phenolic OH excluding ortho intramolecular Hbond substituents is 1. The second kappa shape index (κ2) is 6.33. The smallest absolute Gasteiger partial charge is 0.345 e. The SMILES string of the molecule is COC(=O)c1c(O)c(C(=O)OC)c(OC)c(Cl)c1OC. The van der Waals surface area contributed by atoms with E-state index in [9.17, 15) is 14.7 Å². The van der Waals surface area contributed by atoms with Crippen LogP contribution < -0.4 is 9.47 Å². The highest BCUT2D eigenvalue weighted by atomic mass is 35.5. The van der Waals surface area contributed by atoms with Crippen LogP contribution in [0.25, 0.3) is 0 Å². The summed E-state index contributed by atoms with van der Waals surface area (Å²) in [5, 5.41) is 9.96. The molecule has 0 aliphatic rings. The summed E-state index contributed by atoms with van der Waals surface area (Å²) in [5.41, 5.74) is -0.776. The number of halogens is 1. The first-order valence-electron chi connectivity index (χ1n) is 5.27. The molecule has 0 aromatic heterocycles. The molecule has 0 unspecified atom stereocenters. The van der Waals surface area contributed by atoms with E-state index >= 15 is 0 Å². The third kappa shape index (κ3) is 2.44. The summed E-state index contributed by atoms with van der Waals surface area (Å²) in [6.07, 6.45) is 0. The Morgan fingerprint density at radius 2 is 1.25 bits per heavy atom. The van der Waals surface area contributed by atoms with Crippen LogP contribution in [0.3, 0.4) is 0 Å². The molecule has 0 heterocycles. The Balaban J connectivity index is 3.82. The molecule has 0 saturated carbocycles. The first-order valence-corrected chi connectivity index (χ1v) is 5.65. The Morgan fingerprint density at radius 3 is 1.50 bits per heavy atom. The fourth-order valence-electron chi connectivity index (χ4n) is 1.63. The summed E-state index contributed by atoms with van der Waals surface area (Å²) < 4.78 is 19.0. The van der Waals surface area contributed by atoms with Crippen molar-refractivity contribution in [1.82, 2.24) is 0 Å². The Hall–Kier alpha value is -2.15. The molecule has 110 valence electrons. The van der Waals surface area contributed by atoms with E-state index < -0.39 is 17.7 Å². The largest absolute Gasteiger partial charge is 0.506 e. The van der Waals surface area contributed by atoms with E-state index in [0.717, 1.165) is 14.2 Å². The van der Waals surface area contributed by atoms with E-state index in [1.165, 1.54) is 14.2 Å². The Bertz CT molecular complexity index is 508. The van der Waals surface area contributed by atoms with Crippen LogP contribution in [-0.2, 0) is 9.47 Å². The molecule has 8 heteroatoms. The van der Waals surface area contributed by atoms with Gasteiger partial charge in [-0.25, -0.2) is 9.59 Å². The molecule has 0 saturated heterocycles. The van der Waals surface area contributed by atoms with Crippen molar-refractivity contribution in [3.63, 3.8) is 0 Å². The molecule has 0 aliphatic heterocycles. The van der Waals surface area contributed by atoms with E-state index in [-0.39, 0.29) is 27.6 Å². The van der Waals surface area contributed by atoms with E-state index in [0.29, 0.717) is 0 Å². The second-order valence-electron chi connectivity index (χ2n) is 3.46. The van der Waals surface area contributed by atoms with Crippen molar-refractivity contribution in [2.75, 3.05) is 28.4 Å². The predicted octanol–water partition coefficient (Wildman–Crippen LogP) is 1.64. The van der Waals surface area contributed by atoms with Gasteiger partial charge in [0.25, 0.3) is 0 Å². The monoisotopic (exact) mass is 304 g/mol. The zero-order chi connectivity index (χ0) is 15.4. The fourth-order valence-corrected chi connectivity index (χ4v) is 1.97. The Morgan fingerprint density at radius 1 is 0.900 bits per heavy atom. The first kappa shape index (κ1) is 15.9. The van der Waals surface area contributed by atoms with Gasteiger partial charge in [-0.3, -0.25) is 0 Å². The normalized spacial score (nSPS) is 9.85. The summed E-state index contributed by atoms with van der Waals surface area (Å²) in [4.78, 5) is 23.4. The van der Waals surface area contributed by atoms with Crippen molar-refractivity contribution >= 4 is 23.5 Å². The highest BCUT2D eigenvalue weighted by molar-refractivity contribution is 6.35. The number of hydrogen-bond donors (Lipinski definition) is 1. The van der Waals surface area contributed by atoms with Gasteiger partial charge in [0, 0.05) is 0 Å². The molecule has 1 aromatic carbocycles. The van der Waals surface area contributed by atoms with E-state index in [4.69, 9.17) is 21.1 Å². The van der Waals surface area contributed by atoms with Crippen molar-refractivity contribution in [2.24, 2.45) is 0 Å². The third-order valence-electron chi connectivity index (χ3n) is 2.51. The topological polar surface area (TPSA) is 91.3 Å². The molecule has 0 spiro atoms. The average Bonchev–Trinajstić information content (AvgIpc) is 2.46. The molecular formula is C12H13ClO7. The summed E-state index contributed by atoms with van der Waals surface area (Å²) in [7, 11) is 4.70. The molecule has 20 heavy (non-hydrogen) atoms. The minimum Gasteiger partial charge on any atom is -0.506 e. The molecule has 1 aromatic rings. The Kier molecular flexibility index (Phi) is 5.04. The molecule has 0 atom stereocenters. The lowest BCUT2D eigenvalue weighted by atomic mass is 10.1. The number of esters is 2. The van der Waals surface area contributed by atoms with Crippen molar-refractivity contribution in [3.8, 4) is 17.2 Å². The molecule has 1 rings (SSSR count). The highest BCUT2D eigenvalue weighted by Crippen LogP contribution is 2.46. The third-order valence-corrected chi connectivity index (χ3v) is 2.86. The van der Waals surface area contributed by atoms with Crippen LogP contribution >= 0.6 is 11.6 Å². The van der Waals surface area contributed by atoms with Gasteiger partial charge in [-0.15, -0.1) is 0 Å². The number of rotatable bonds is 4. The predicted molar refractivity (Wildman–Crippen MR) is 68.9 cm³/mol. The van der Waals surface area contributed by atoms with Crippen molar-refractivity contribution in [1.29, 1.82) is 0 Å². The summed E-state index contributed by atoms with van der Waals surface area (Å²) in [5.74, 6) is -2.87. The molecule has 0 aliphatic carbocycles. The molecule has 0 fully saturated rings. The van der Waals surface area contributed by atoms with Crippen molar-refractivity contribution in [2.45, 2.75) is 0 Å². The number of benzene rings is 1. The lowest BCUT2D eigenvalue weighted by Gasteiger charge is -2.17. The van der Waals surface area contributed by atoms with E-state index in [2.05, 4.69) is 9.47 Å². The molecular weight excluding hydrogens is 292 g/mol. The van der Waals surface area contributed by atoms with Gasteiger partial charge in [-0.1, -0.05) is 11.6 Å². The molecule has 1 N–H and O–H groups in total. The van der Waals surface area contributed by atoms with Crippen molar-refractivity contribution < 1.29 is 33.6 Å². The van der Waals surface area contributed by atoms with Crippen molar-refractivity contribution in [3.05, 3.63) is 16.1 Å². The number of carbonyl (C=O) groups is 2. The number of methoxy groups -OCH3 is 4. The summed E-state index contributed by atoms with van der Waals surface area (Å²) in [6, 6.07) is 0. The number of ether oxygens (including phenoxy) is 4. The van der Waals surface area contributed by atoms with Gasteiger partial charge in [-0.05, 0) is 0 Å². The van der Waals surface area contributed by atoms with Gasteiger partial charge < -0.3 is 24.1 Å². The lowest BCUT2D eigenvalue weighted by Crippen LogP contribution is -2.12. The van der Waals surface area contributed by atoms with Crippen LogP contribution in [-0.4, -0.2) is 45.5 Å². The molecule has 0 bridgehead atoms. The van der Waals surface area contributed by atoms with E-state index in [1.54, 1.807) is 0 Å². The zero-order valence-electron chi connectivity index (χ0n) is 11.3. The highest BCUT2D eigenvalue weighted by Gasteiger charge is 2.32. The Labute approximate surface area is 119 Å². The van der Waals surface area contributed by atoms with Crippen LogP contribution in [0.2, 0.25) is 5.02 Å². The van der Waals surface area contributed by atoms with Gasteiger partial charge in [-0.2, -0.15) is 0 Å². The second-order valence-corrected chi connectivity index (χ2v) is 3.84. The van der Waals surface area contributed by atoms with E-state index in [1.807, 2.05) is 0 Å². The maximum atomic E-state index is 11.7. The van der Waals surface area contributed by atoms with Gasteiger partial charge >= 0.3 is 11.9 Å². The standard InChI is InChI=1S/C12H13ClO7/c1-17-9-5(11(15)19-3)8(14)6(12(16)20-4)10(18-2)7(9)13/h14H,1-4H3. The number of phenols is 1. The fraction of sp³-hybridized carbons (Fsp3) is 0.333. The number of carbonyl (C=O) groups excluding carboxylic acids is 2. The lowest BCUT2D eigenvalue weighted by molar-refractivity contribution is 0.0587. The number of aromatic hydroxyl groups is 1. The molecule has 0 amide bonds. The maximum Gasteiger partial charge on any atom is 0.345 e. The zero-order valence-corrected chi connectivity index (χ0v) is 12.0. The van der Waals surface area contributed by atoms with Gasteiger partial charge in [0.1, 0.15) is 16.1 Å². The molecule has 7 nitrogen and oxygen atoms in total. The van der Waals surface area contributed by atoms with Gasteiger partial charge in [0.05, 0.1) is 28.4 Å². The first-order chi connectivity index (χ1) is 9.44. The average molecular weight is 305 g/mol. The summed E-state index contributed by atoms with van der Waals surface area (Å²) in [6.45, 7) is 0. The summed E-state index contributed by atoms with van der Waals surface area (Å²) >= 11 is 6.02. The van der Waals surface area contributed by atoms with Gasteiger partial charge in [0.2, 0.25) is 0 Å². The maximum absolute atomic E-state index is 11.7. The van der Waals surface area contributed by atoms with Crippen LogP contribution in [0.4, 0.5) is 0 Å². The van der Waals surface area contributed by atoms with Crippen LogP contribution in [0, 0.1) is 0 Å². The quantitative estimate of drug-likeness (QED) is 0.845. The van der Waals surface area contributed by atoms with Crippen LogP contribution in [0.1, 0.15) is 20.7 Å². The number of hydrogen-bond acceptors (Lipinski definition) is 7. The van der Waals surface area contributed by atoms with Crippen LogP contribution in [0.5, 0.6) is 17.2 Å².